The van der Waals surface area contributed by atoms with Gasteiger partial charge in [0.2, 0.25) is 0 Å². The summed E-state index contributed by atoms with van der Waals surface area (Å²) in [5.41, 5.74) is 2.87. The normalized spacial score (nSPS) is 19.8. The number of benzene rings is 2. The Balaban J connectivity index is 1.66. The zero-order valence-corrected chi connectivity index (χ0v) is 17.1. The number of urea groups is 1. The molecule has 2 aromatic carbocycles. The van der Waals surface area contributed by atoms with E-state index < -0.39 is 23.4 Å². The quantitative estimate of drug-likeness (QED) is 0.595. The van der Waals surface area contributed by atoms with Crippen LogP contribution in [-0.2, 0) is 21.7 Å². The van der Waals surface area contributed by atoms with Crippen LogP contribution in [0, 0.1) is 0 Å². The van der Waals surface area contributed by atoms with Crippen molar-refractivity contribution in [3.05, 3.63) is 70.7 Å². The maximum Gasteiger partial charge on any atom is 0.344 e. The Morgan fingerprint density at radius 3 is 2.45 bits per heavy atom. The summed E-state index contributed by atoms with van der Waals surface area (Å²) in [6, 6.07) is 15.8. The third-order valence-electron chi connectivity index (χ3n) is 5.04. The fourth-order valence-corrected chi connectivity index (χ4v) is 3.71. The summed E-state index contributed by atoms with van der Waals surface area (Å²) in [6.07, 6.45) is 0.367. The molecular formula is C21H24ClN4O3+. The number of amides is 4. The van der Waals surface area contributed by atoms with Gasteiger partial charge in [0.1, 0.15) is 12.1 Å². The second kappa shape index (κ2) is 8.63. The van der Waals surface area contributed by atoms with E-state index >= 15 is 0 Å². The first-order valence-electron chi connectivity index (χ1n) is 9.44. The average molecular weight is 416 g/mol. The zero-order valence-electron chi connectivity index (χ0n) is 16.4. The van der Waals surface area contributed by atoms with Crippen molar-refractivity contribution in [3.8, 4) is 0 Å². The molecule has 29 heavy (non-hydrogen) atoms. The van der Waals surface area contributed by atoms with Gasteiger partial charge >= 0.3 is 6.03 Å². The van der Waals surface area contributed by atoms with Gasteiger partial charge in [0.15, 0.2) is 6.54 Å². The Morgan fingerprint density at radius 2 is 1.79 bits per heavy atom. The second-order valence-corrected chi connectivity index (χ2v) is 7.54. The lowest BCUT2D eigenvalue weighted by molar-refractivity contribution is -0.885. The van der Waals surface area contributed by atoms with Crippen LogP contribution in [0.3, 0.4) is 0 Å². The maximum atomic E-state index is 13.0. The number of nitrogens with one attached hydrogen (secondary N) is 3. The van der Waals surface area contributed by atoms with E-state index in [2.05, 4.69) is 10.7 Å². The van der Waals surface area contributed by atoms with Crippen molar-refractivity contribution in [1.29, 1.82) is 0 Å². The van der Waals surface area contributed by atoms with Crippen LogP contribution in [-0.4, -0.2) is 36.4 Å². The SMILES string of the molecule is CC[C@]1(c2ccccc2)NC(=O)N(NC(=O)C[NH+](C)Cc2ccccc2Cl)C1=O. The molecule has 0 aliphatic carbocycles. The molecule has 1 saturated heterocycles. The molecule has 3 N–H and O–H groups in total. The van der Waals surface area contributed by atoms with Crippen LogP contribution < -0.4 is 15.6 Å². The van der Waals surface area contributed by atoms with E-state index in [1.165, 1.54) is 0 Å². The minimum Gasteiger partial charge on any atom is -0.326 e. The third-order valence-corrected chi connectivity index (χ3v) is 5.41. The van der Waals surface area contributed by atoms with Gasteiger partial charge in [-0.05, 0) is 18.1 Å². The van der Waals surface area contributed by atoms with Crippen LogP contribution in [0.5, 0.6) is 0 Å². The van der Waals surface area contributed by atoms with E-state index in [4.69, 9.17) is 11.6 Å². The number of carbonyl (C=O) groups excluding carboxylic acids is 3. The predicted octanol–water partition coefficient (Wildman–Crippen LogP) is 1.24. The number of carbonyl (C=O) groups is 3. The van der Waals surface area contributed by atoms with Crippen molar-refractivity contribution < 1.29 is 19.3 Å². The van der Waals surface area contributed by atoms with Gasteiger partial charge in [0, 0.05) is 10.6 Å². The second-order valence-electron chi connectivity index (χ2n) is 7.13. The molecule has 1 fully saturated rings. The largest absolute Gasteiger partial charge is 0.344 e. The molecule has 0 aromatic heterocycles. The highest BCUT2D eigenvalue weighted by Gasteiger charge is 2.52. The van der Waals surface area contributed by atoms with Crippen molar-refractivity contribution in [2.24, 2.45) is 0 Å². The number of hydrogen-bond acceptors (Lipinski definition) is 3. The molecule has 152 valence electrons. The van der Waals surface area contributed by atoms with Crippen molar-refractivity contribution >= 4 is 29.4 Å². The Labute approximate surface area is 174 Å². The van der Waals surface area contributed by atoms with Crippen molar-refractivity contribution in [2.75, 3.05) is 13.6 Å². The molecule has 1 heterocycles. The average Bonchev–Trinajstić information content (AvgIpc) is 2.95. The molecule has 4 amide bonds. The molecule has 0 saturated carbocycles. The van der Waals surface area contributed by atoms with Crippen LogP contribution in [0.2, 0.25) is 5.02 Å². The molecular weight excluding hydrogens is 392 g/mol. The lowest BCUT2D eigenvalue weighted by Gasteiger charge is -2.25. The predicted molar refractivity (Wildman–Crippen MR) is 109 cm³/mol. The minimum atomic E-state index is -1.18. The lowest BCUT2D eigenvalue weighted by Crippen LogP contribution is -3.09. The minimum absolute atomic E-state index is 0.0761. The number of hydrazine groups is 1. The van der Waals surface area contributed by atoms with Gasteiger partial charge in [-0.2, -0.15) is 5.01 Å². The van der Waals surface area contributed by atoms with Crippen molar-refractivity contribution in [1.82, 2.24) is 15.8 Å². The van der Waals surface area contributed by atoms with E-state index in [9.17, 15) is 14.4 Å². The van der Waals surface area contributed by atoms with Gasteiger partial charge in [0.25, 0.3) is 11.8 Å². The number of halogens is 1. The summed E-state index contributed by atoms with van der Waals surface area (Å²) >= 11 is 6.17. The van der Waals surface area contributed by atoms with Crippen LogP contribution >= 0.6 is 11.6 Å². The van der Waals surface area contributed by atoms with Gasteiger partial charge in [-0.3, -0.25) is 15.0 Å². The highest BCUT2D eigenvalue weighted by molar-refractivity contribution is 6.31. The maximum absolute atomic E-state index is 13.0. The summed E-state index contributed by atoms with van der Waals surface area (Å²) in [5.74, 6) is -0.925. The fraction of sp³-hybridized carbons (Fsp3) is 0.286. The van der Waals surface area contributed by atoms with Gasteiger partial charge in [0.05, 0.1) is 7.05 Å². The molecule has 8 heteroatoms. The fourth-order valence-electron chi connectivity index (χ4n) is 3.51. The number of quaternary nitrogens is 1. The summed E-state index contributed by atoms with van der Waals surface area (Å²) in [5, 5.41) is 4.15. The number of likely N-dealkylation sites (N-methyl/N-ethyl adjacent to an activating group) is 1. The molecule has 3 rings (SSSR count). The molecule has 1 unspecified atom stereocenters. The Morgan fingerprint density at radius 1 is 1.14 bits per heavy atom. The number of rotatable bonds is 7. The Bertz CT molecular complexity index is 921. The zero-order chi connectivity index (χ0) is 21.0. The molecule has 0 radical (unpaired) electrons. The van der Waals surface area contributed by atoms with Crippen molar-refractivity contribution in [2.45, 2.75) is 25.4 Å². The molecule has 0 bridgehead atoms. The molecule has 7 nitrogen and oxygen atoms in total. The van der Waals surface area contributed by atoms with Crippen LogP contribution in [0.15, 0.2) is 54.6 Å². The topological polar surface area (TPSA) is 83.0 Å². The van der Waals surface area contributed by atoms with Gasteiger partial charge < -0.3 is 10.2 Å². The van der Waals surface area contributed by atoms with Crippen LogP contribution in [0.25, 0.3) is 0 Å². The lowest BCUT2D eigenvalue weighted by atomic mass is 9.87. The van der Waals surface area contributed by atoms with E-state index in [1.54, 1.807) is 30.3 Å². The van der Waals surface area contributed by atoms with E-state index in [1.807, 2.05) is 38.2 Å². The first-order chi connectivity index (χ1) is 13.9. The van der Waals surface area contributed by atoms with E-state index in [-0.39, 0.29) is 6.54 Å². The highest BCUT2D eigenvalue weighted by atomic mass is 35.5. The molecule has 2 atom stereocenters. The van der Waals surface area contributed by atoms with Gasteiger partial charge in [-0.25, -0.2) is 4.79 Å². The number of imide groups is 1. The summed E-state index contributed by atoms with van der Waals surface area (Å²) in [6.45, 7) is 2.43. The third kappa shape index (κ3) is 4.26. The van der Waals surface area contributed by atoms with E-state index in [0.717, 1.165) is 15.5 Å². The molecule has 1 aliphatic rings. The molecule has 2 aromatic rings. The molecule has 1 aliphatic heterocycles. The Kier molecular flexibility index (Phi) is 6.20. The summed E-state index contributed by atoms with van der Waals surface area (Å²) < 4.78 is 0. The first-order valence-corrected chi connectivity index (χ1v) is 9.81. The summed E-state index contributed by atoms with van der Waals surface area (Å²) in [7, 11) is 1.84. The van der Waals surface area contributed by atoms with Crippen molar-refractivity contribution in [3.63, 3.8) is 0 Å². The highest BCUT2D eigenvalue weighted by Crippen LogP contribution is 2.31. The number of hydrogen-bond donors (Lipinski definition) is 3. The summed E-state index contributed by atoms with van der Waals surface area (Å²) in [4.78, 5) is 38.8. The van der Waals surface area contributed by atoms with E-state index in [0.29, 0.717) is 23.6 Å². The van der Waals surface area contributed by atoms with Crippen LogP contribution in [0.1, 0.15) is 24.5 Å². The van der Waals surface area contributed by atoms with Gasteiger partial charge in [-0.1, -0.05) is 67.1 Å². The first kappa shape index (κ1) is 20.8. The number of nitrogens with zero attached hydrogens (tertiary/aromatic N) is 1. The van der Waals surface area contributed by atoms with Gasteiger partial charge in [-0.15, -0.1) is 0 Å². The monoisotopic (exact) mass is 415 g/mol. The van der Waals surface area contributed by atoms with Crippen LogP contribution in [0.4, 0.5) is 4.79 Å². The standard InChI is InChI=1S/C21H23ClN4O3/c1-3-21(16-10-5-4-6-11-16)19(28)26(20(29)23-21)24-18(27)14-25(2)13-15-9-7-8-12-17(15)22/h4-12H,3,13-14H2,1-2H3,(H,23,29)(H,24,27)/p+1/t21-/m1/s1. The smallest absolute Gasteiger partial charge is 0.326 e. The Hall–Kier alpha value is -2.90. The molecule has 0 spiro atoms.